The highest BCUT2D eigenvalue weighted by molar-refractivity contribution is 8.14. The van der Waals surface area contributed by atoms with Crippen molar-refractivity contribution in [3.63, 3.8) is 0 Å². The fourth-order valence-electron chi connectivity index (χ4n) is 2.04. The average molecular weight is 310 g/mol. The minimum absolute atomic E-state index is 0.0316. The van der Waals surface area contributed by atoms with E-state index in [4.69, 9.17) is 0 Å². The third-order valence-electron chi connectivity index (χ3n) is 3.12. The normalized spacial score (nSPS) is 10.5. The van der Waals surface area contributed by atoms with Crippen LogP contribution in [0.25, 0.3) is 10.9 Å². The molecule has 6 heteroatoms. The van der Waals surface area contributed by atoms with Crippen molar-refractivity contribution < 1.29 is 9.72 Å². The first-order valence-electron chi connectivity index (χ1n) is 6.45. The van der Waals surface area contributed by atoms with Gasteiger partial charge in [0.15, 0.2) is 0 Å². The van der Waals surface area contributed by atoms with E-state index in [2.05, 4.69) is 4.98 Å². The number of non-ortho nitro benzene ring substituents is 1. The Morgan fingerprint density at radius 1 is 1.05 bits per heavy atom. The zero-order chi connectivity index (χ0) is 15.5. The molecule has 0 aliphatic carbocycles. The maximum Gasteiger partial charge on any atom is 0.269 e. The van der Waals surface area contributed by atoms with Crippen LogP contribution >= 0.6 is 11.8 Å². The van der Waals surface area contributed by atoms with Crippen LogP contribution in [-0.2, 0) is 0 Å². The fourth-order valence-corrected chi connectivity index (χ4v) is 2.92. The number of fused-ring (bicyclic) bond motifs is 1. The van der Waals surface area contributed by atoms with Crippen LogP contribution in [-0.4, -0.2) is 15.0 Å². The van der Waals surface area contributed by atoms with Gasteiger partial charge in [-0.3, -0.25) is 19.9 Å². The Kier molecular flexibility index (Phi) is 3.84. The number of hydrogen-bond acceptors (Lipinski definition) is 5. The number of benzene rings is 2. The van der Waals surface area contributed by atoms with Gasteiger partial charge in [0.25, 0.3) is 5.69 Å². The molecule has 0 aliphatic rings. The van der Waals surface area contributed by atoms with E-state index >= 15 is 0 Å². The van der Waals surface area contributed by atoms with Crippen LogP contribution in [0, 0.1) is 10.1 Å². The van der Waals surface area contributed by atoms with Crippen molar-refractivity contribution in [3.05, 3.63) is 76.5 Å². The standard InChI is InChI=1S/C16H10N2O3S/c19-16(11-6-8-12(9-7-11)18(20)21)22-15-5-1-4-14-13(15)3-2-10-17-14/h1-10H. The van der Waals surface area contributed by atoms with Gasteiger partial charge in [0.05, 0.1) is 10.4 Å². The van der Waals surface area contributed by atoms with E-state index in [0.29, 0.717) is 5.56 Å². The topological polar surface area (TPSA) is 73.1 Å². The highest BCUT2D eigenvalue weighted by atomic mass is 32.2. The first-order valence-corrected chi connectivity index (χ1v) is 7.27. The Hall–Kier alpha value is -2.73. The summed E-state index contributed by atoms with van der Waals surface area (Å²) < 4.78 is 0. The molecule has 0 spiro atoms. The monoisotopic (exact) mass is 310 g/mol. The molecule has 5 nitrogen and oxygen atoms in total. The summed E-state index contributed by atoms with van der Waals surface area (Å²) in [5.74, 6) is 0. The summed E-state index contributed by atoms with van der Waals surface area (Å²) >= 11 is 1.09. The third-order valence-corrected chi connectivity index (χ3v) is 4.12. The number of carbonyl (C=O) groups is 1. The molecule has 1 aromatic heterocycles. The summed E-state index contributed by atoms with van der Waals surface area (Å²) in [5, 5.41) is 11.4. The SMILES string of the molecule is O=C(Sc1cccc2ncccc12)c1ccc([N+](=O)[O-])cc1. The average Bonchev–Trinajstić information content (AvgIpc) is 2.55. The zero-order valence-electron chi connectivity index (χ0n) is 11.3. The highest BCUT2D eigenvalue weighted by Crippen LogP contribution is 2.29. The Labute approximate surface area is 130 Å². The summed E-state index contributed by atoms with van der Waals surface area (Å²) in [6.45, 7) is 0. The summed E-state index contributed by atoms with van der Waals surface area (Å²) in [6.07, 6.45) is 1.70. The second kappa shape index (κ2) is 5.95. The summed E-state index contributed by atoms with van der Waals surface area (Å²) in [6, 6.07) is 14.9. The molecule has 0 aliphatic heterocycles. The lowest BCUT2D eigenvalue weighted by molar-refractivity contribution is -0.384. The zero-order valence-corrected chi connectivity index (χ0v) is 12.1. The molecular weight excluding hydrogens is 300 g/mol. The van der Waals surface area contributed by atoms with Gasteiger partial charge in [-0.1, -0.05) is 12.1 Å². The largest absolute Gasteiger partial charge is 0.281 e. The van der Waals surface area contributed by atoms with Crippen molar-refractivity contribution in [2.24, 2.45) is 0 Å². The van der Waals surface area contributed by atoms with Crippen LogP contribution in [0.15, 0.2) is 65.7 Å². The second-order valence-electron chi connectivity index (χ2n) is 4.52. The molecule has 0 saturated carbocycles. The van der Waals surface area contributed by atoms with Gasteiger partial charge in [-0.15, -0.1) is 0 Å². The maximum absolute atomic E-state index is 12.3. The molecular formula is C16H10N2O3S. The first-order chi connectivity index (χ1) is 10.6. The number of carbonyl (C=O) groups excluding carboxylic acids is 1. The molecule has 3 rings (SSSR count). The minimum Gasteiger partial charge on any atom is -0.281 e. The number of nitrogens with zero attached hydrogens (tertiary/aromatic N) is 2. The number of nitro benzene ring substituents is 1. The Bertz CT molecular complexity index is 857. The van der Waals surface area contributed by atoms with Crippen LogP contribution in [0.2, 0.25) is 0 Å². The van der Waals surface area contributed by atoms with Gasteiger partial charge in [0.2, 0.25) is 5.12 Å². The molecule has 0 amide bonds. The Morgan fingerprint density at radius 3 is 2.55 bits per heavy atom. The van der Waals surface area contributed by atoms with Crippen molar-refractivity contribution in [1.82, 2.24) is 4.98 Å². The number of rotatable bonds is 3. The highest BCUT2D eigenvalue weighted by Gasteiger charge is 2.12. The van der Waals surface area contributed by atoms with Crippen molar-refractivity contribution in [2.45, 2.75) is 4.90 Å². The van der Waals surface area contributed by atoms with E-state index in [-0.39, 0.29) is 10.8 Å². The number of aromatic nitrogens is 1. The molecule has 0 radical (unpaired) electrons. The van der Waals surface area contributed by atoms with Crippen molar-refractivity contribution in [3.8, 4) is 0 Å². The second-order valence-corrected chi connectivity index (χ2v) is 5.53. The lowest BCUT2D eigenvalue weighted by Crippen LogP contribution is -1.95. The molecule has 0 unspecified atom stereocenters. The van der Waals surface area contributed by atoms with Gasteiger partial charge in [-0.05, 0) is 42.1 Å². The van der Waals surface area contributed by atoms with E-state index < -0.39 is 4.92 Å². The molecule has 0 atom stereocenters. The van der Waals surface area contributed by atoms with Gasteiger partial charge in [-0.25, -0.2) is 0 Å². The predicted octanol–water partition coefficient (Wildman–Crippen LogP) is 4.08. The van der Waals surface area contributed by atoms with Gasteiger partial charge in [-0.2, -0.15) is 0 Å². The van der Waals surface area contributed by atoms with Crippen LogP contribution < -0.4 is 0 Å². The molecule has 1 heterocycles. The molecule has 0 saturated heterocycles. The number of pyridine rings is 1. The molecule has 2 aromatic carbocycles. The Morgan fingerprint density at radius 2 is 1.82 bits per heavy atom. The fraction of sp³-hybridized carbons (Fsp3) is 0. The van der Waals surface area contributed by atoms with Crippen molar-refractivity contribution in [2.75, 3.05) is 0 Å². The van der Waals surface area contributed by atoms with E-state index in [1.165, 1.54) is 24.3 Å². The maximum atomic E-state index is 12.3. The van der Waals surface area contributed by atoms with Gasteiger partial charge < -0.3 is 0 Å². The van der Waals surface area contributed by atoms with Crippen LogP contribution in [0.5, 0.6) is 0 Å². The van der Waals surface area contributed by atoms with E-state index in [0.717, 1.165) is 27.6 Å². The van der Waals surface area contributed by atoms with Crippen molar-refractivity contribution >= 4 is 33.5 Å². The predicted molar refractivity (Wildman–Crippen MR) is 85.0 cm³/mol. The third kappa shape index (κ3) is 2.82. The molecule has 3 aromatic rings. The van der Waals surface area contributed by atoms with Crippen LogP contribution in [0.1, 0.15) is 10.4 Å². The van der Waals surface area contributed by atoms with Crippen LogP contribution in [0.3, 0.4) is 0 Å². The van der Waals surface area contributed by atoms with E-state index in [1.54, 1.807) is 6.20 Å². The number of thioether (sulfide) groups is 1. The molecule has 22 heavy (non-hydrogen) atoms. The summed E-state index contributed by atoms with van der Waals surface area (Å²) in [4.78, 5) is 27.5. The lowest BCUT2D eigenvalue weighted by Gasteiger charge is -2.04. The van der Waals surface area contributed by atoms with Gasteiger partial charge >= 0.3 is 0 Å². The van der Waals surface area contributed by atoms with Crippen molar-refractivity contribution in [1.29, 1.82) is 0 Å². The number of nitro groups is 1. The van der Waals surface area contributed by atoms with E-state index in [9.17, 15) is 14.9 Å². The minimum atomic E-state index is -0.488. The first kappa shape index (κ1) is 14.2. The quantitative estimate of drug-likeness (QED) is 0.414. The molecule has 0 N–H and O–H groups in total. The van der Waals surface area contributed by atoms with Gasteiger partial charge in [0, 0.05) is 34.2 Å². The van der Waals surface area contributed by atoms with Gasteiger partial charge in [0.1, 0.15) is 0 Å². The van der Waals surface area contributed by atoms with Crippen LogP contribution in [0.4, 0.5) is 5.69 Å². The lowest BCUT2D eigenvalue weighted by atomic mass is 10.2. The summed E-state index contributed by atoms with van der Waals surface area (Å²) in [5.41, 5.74) is 1.22. The molecule has 0 bridgehead atoms. The summed E-state index contributed by atoms with van der Waals surface area (Å²) in [7, 11) is 0. The molecule has 0 fully saturated rings. The van der Waals surface area contributed by atoms with E-state index in [1.807, 2.05) is 30.3 Å². The molecule has 108 valence electrons. The Balaban J connectivity index is 1.88. The number of hydrogen-bond donors (Lipinski definition) is 0. The smallest absolute Gasteiger partial charge is 0.269 e.